The molecular weight excluding hydrogens is 236 g/mol. The molecular formula is C13H18O3S. The third kappa shape index (κ3) is 3.97. The smallest absolute Gasteiger partial charge is 0.159 e. The monoisotopic (exact) mass is 254 g/mol. The predicted molar refractivity (Wildman–Crippen MR) is 69.2 cm³/mol. The molecule has 0 unspecified atom stereocenters. The Morgan fingerprint density at radius 3 is 2.00 bits per heavy atom. The molecule has 0 heterocycles. The van der Waals surface area contributed by atoms with Crippen molar-refractivity contribution in [2.75, 3.05) is 12.0 Å². The number of Topliss-reactive ketones (excluding diaryl/α,β-unsaturated/α-hetero) is 1. The van der Waals surface area contributed by atoms with E-state index >= 15 is 0 Å². The molecule has 1 aromatic carbocycles. The first kappa shape index (κ1) is 13.9. The van der Waals surface area contributed by atoms with Crippen LogP contribution >= 0.6 is 0 Å². The summed E-state index contributed by atoms with van der Waals surface area (Å²) in [6.07, 6.45) is 1.23. The molecule has 0 saturated carbocycles. The minimum Gasteiger partial charge on any atom is -0.295 e. The van der Waals surface area contributed by atoms with Gasteiger partial charge in [0.05, 0.1) is 5.75 Å². The molecule has 0 N–H and O–H groups in total. The van der Waals surface area contributed by atoms with Crippen LogP contribution in [-0.4, -0.2) is 26.2 Å². The number of hydrogen-bond donors (Lipinski definition) is 0. The van der Waals surface area contributed by atoms with Crippen LogP contribution in [0, 0.1) is 0 Å². The molecule has 0 radical (unpaired) electrons. The molecule has 1 rings (SSSR count). The van der Waals surface area contributed by atoms with Gasteiger partial charge in [-0.3, -0.25) is 4.79 Å². The average Bonchev–Trinajstić information content (AvgIpc) is 2.14. The van der Waals surface area contributed by atoms with Gasteiger partial charge in [-0.2, -0.15) is 0 Å². The standard InChI is InChI=1S/C13H18O3S/c1-10(14)11-5-7-12(8-6-11)13(2,3)9-17(4,15)16/h5-8H,9H2,1-4H3. The number of ketones is 1. The van der Waals surface area contributed by atoms with Crippen LogP contribution in [-0.2, 0) is 15.3 Å². The van der Waals surface area contributed by atoms with Crippen molar-refractivity contribution >= 4 is 15.6 Å². The van der Waals surface area contributed by atoms with Crippen LogP contribution in [0.2, 0.25) is 0 Å². The normalized spacial score (nSPS) is 12.5. The summed E-state index contributed by atoms with van der Waals surface area (Å²) in [5.41, 5.74) is 1.12. The van der Waals surface area contributed by atoms with E-state index in [9.17, 15) is 13.2 Å². The summed E-state index contributed by atoms with van der Waals surface area (Å²) in [7, 11) is -3.02. The first-order valence-corrected chi connectivity index (χ1v) is 7.47. The summed E-state index contributed by atoms with van der Waals surface area (Å²) in [5.74, 6) is 0.108. The van der Waals surface area contributed by atoms with Crippen molar-refractivity contribution in [2.45, 2.75) is 26.2 Å². The van der Waals surface area contributed by atoms with E-state index in [0.29, 0.717) is 5.56 Å². The molecule has 0 spiro atoms. The Kier molecular flexibility index (Phi) is 3.77. The van der Waals surface area contributed by atoms with Gasteiger partial charge in [0.15, 0.2) is 5.78 Å². The Hall–Kier alpha value is -1.16. The van der Waals surface area contributed by atoms with Crippen LogP contribution in [0.5, 0.6) is 0 Å². The number of benzene rings is 1. The first-order chi connectivity index (χ1) is 7.62. The van der Waals surface area contributed by atoms with Crippen LogP contribution < -0.4 is 0 Å². The zero-order valence-electron chi connectivity index (χ0n) is 10.6. The van der Waals surface area contributed by atoms with Crippen LogP contribution in [0.15, 0.2) is 24.3 Å². The lowest BCUT2D eigenvalue weighted by molar-refractivity contribution is 0.101. The molecule has 0 aliphatic heterocycles. The lowest BCUT2D eigenvalue weighted by Crippen LogP contribution is -2.27. The van der Waals surface area contributed by atoms with E-state index in [2.05, 4.69) is 0 Å². The molecule has 0 amide bonds. The Morgan fingerprint density at radius 2 is 1.65 bits per heavy atom. The molecule has 3 nitrogen and oxygen atoms in total. The summed E-state index contributed by atoms with van der Waals surface area (Å²) in [5, 5.41) is 0. The molecule has 0 atom stereocenters. The van der Waals surface area contributed by atoms with E-state index in [1.807, 2.05) is 26.0 Å². The van der Waals surface area contributed by atoms with Gasteiger partial charge in [0, 0.05) is 17.2 Å². The largest absolute Gasteiger partial charge is 0.295 e. The zero-order valence-corrected chi connectivity index (χ0v) is 11.5. The zero-order chi connectivity index (χ0) is 13.3. The molecule has 1 aromatic rings. The molecule has 0 aliphatic carbocycles. The second-order valence-corrected chi connectivity index (χ2v) is 7.23. The van der Waals surface area contributed by atoms with E-state index in [1.165, 1.54) is 13.2 Å². The molecule has 0 fully saturated rings. The Balaban J connectivity index is 3.04. The summed E-state index contributed by atoms with van der Waals surface area (Å²) in [4.78, 5) is 11.1. The highest BCUT2D eigenvalue weighted by atomic mass is 32.2. The molecule has 0 aliphatic rings. The number of rotatable bonds is 4. The van der Waals surface area contributed by atoms with Crippen molar-refractivity contribution in [3.05, 3.63) is 35.4 Å². The van der Waals surface area contributed by atoms with Gasteiger partial charge in [0.25, 0.3) is 0 Å². The fourth-order valence-electron chi connectivity index (χ4n) is 1.89. The van der Waals surface area contributed by atoms with Gasteiger partial charge < -0.3 is 0 Å². The minimum absolute atomic E-state index is 0.0115. The fraction of sp³-hybridized carbons (Fsp3) is 0.462. The molecule has 0 bridgehead atoms. The fourth-order valence-corrected chi connectivity index (χ4v) is 3.37. The quantitative estimate of drug-likeness (QED) is 0.774. The van der Waals surface area contributed by atoms with Crippen LogP contribution in [0.3, 0.4) is 0 Å². The number of sulfone groups is 1. The van der Waals surface area contributed by atoms with E-state index in [1.54, 1.807) is 12.1 Å². The van der Waals surface area contributed by atoms with Crippen molar-refractivity contribution in [3.63, 3.8) is 0 Å². The van der Waals surface area contributed by atoms with Crippen molar-refractivity contribution in [1.82, 2.24) is 0 Å². The Bertz CT molecular complexity index is 510. The Labute approximate surface area is 103 Å². The highest BCUT2D eigenvalue weighted by Gasteiger charge is 2.25. The van der Waals surface area contributed by atoms with E-state index in [4.69, 9.17) is 0 Å². The minimum atomic E-state index is -3.02. The lowest BCUT2D eigenvalue weighted by Gasteiger charge is -2.24. The molecule has 0 saturated heterocycles. The summed E-state index contributed by atoms with van der Waals surface area (Å²) >= 11 is 0. The van der Waals surface area contributed by atoms with Crippen molar-refractivity contribution in [2.24, 2.45) is 0 Å². The second-order valence-electron chi connectivity index (χ2n) is 5.09. The van der Waals surface area contributed by atoms with Gasteiger partial charge in [0.1, 0.15) is 9.84 Å². The van der Waals surface area contributed by atoms with E-state index in [-0.39, 0.29) is 11.5 Å². The summed E-state index contributed by atoms with van der Waals surface area (Å²) in [6.45, 7) is 5.28. The van der Waals surface area contributed by atoms with E-state index in [0.717, 1.165) is 5.56 Å². The number of carbonyl (C=O) groups excluding carboxylic acids is 1. The average molecular weight is 254 g/mol. The van der Waals surface area contributed by atoms with Crippen molar-refractivity contribution < 1.29 is 13.2 Å². The maximum Gasteiger partial charge on any atom is 0.159 e. The van der Waals surface area contributed by atoms with Crippen LogP contribution in [0.25, 0.3) is 0 Å². The molecule has 0 aromatic heterocycles. The van der Waals surface area contributed by atoms with Gasteiger partial charge in [-0.1, -0.05) is 38.1 Å². The van der Waals surface area contributed by atoms with Gasteiger partial charge in [-0.05, 0) is 12.5 Å². The number of carbonyl (C=O) groups is 1. The highest BCUT2D eigenvalue weighted by Crippen LogP contribution is 2.25. The maximum atomic E-state index is 11.3. The van der Waals surface area contributed by atoms with Gasteiger partial charge in [-0.25, -0.2) is 8.42 Å². The lowest BCUT2D eigenvalue weighted by atomic mass is 9.86. The summed E-state index contributed by atoms with van der Waals surface area (Å²) < 4.78 is 22.7. The Morgan fingerprint density at radius 1 is 1.18 bits per heavy atom. The van der Waals surface area contributed by atoms with Crippen molar-refractivity contribution in [1.29, 1.82) is 0 Å². The van der Waals surface area contributed by atoms with Gasteiger partial charge >= 0.3 is 0 Å². The van der Waals surface area contributed by atoms with Gasteiger partial charge in [-0.15, -0.1) is 0 Å². The third-order valence-corrected chi connectivity index (χ3v) is 3.94. The highest BCUT2D eigenvalue weighted by molar-refractivity contribution is 7.90. The number of hydrogen-bond acceptors (Lipinski definition) is 3. The molecule has 94 valence electrons. The van der Waals surface area contributed by atoms with Crippen LogP contribution in [0.4, 0.5) is 0 Å². The second kappa shape index (κ2) is 4.61. The van der Waals surface area contributed by atoms with E-state index < -0.39 is 15.3 Å². The maximum absolute atomic E-state index is 11.3. The van der Waals surface area contributed by atoms with Crippen LogP contribution in [0.1, 0.15) is 36.7 Å². The van der Waals surface area contributed by atoms with Gasteiger partial charge in [0.2, 0.25) is 0 Å². The SMILES string of the molecule is CC(=O)c1ccc(C(C)(C)CS(C)(=O)=O)cc1. The molecule has 17 heavy (non-hydrogen) atoms. The topological polar surface area (TPSA) is 51.2 Å². The predicted octanol–water partition coefficient (Wildman–Crippen LogP) is 2.21. The van der Waals surface area contributed by atoms with Crippen molar-refractivity contribution in [3.8, 4) is 0 Å². The first-order valence-electron chi connectivity index (χ1n) is 5.41. The third-order valence-electron chi connectivity index (χ3n) is 2.70. The molecule has 4 heteroatoms. The summed E-state index contributed by atoms with van der Waals surface area (Å²) in [6, 6.07) is 7.12.